The Morgan fingerprint density at radius 2 is 2.00 bits per heavy atom. The van der Waals surface area contributed by atoms with Crippen LogP contribution in [0.3, 0.4) is 0 Å². The molecule has 2 unspecified atom stereocenters. The van der Waals surface area contributed by atoms with Crippen LogP contribution in [0.25, 0.3) is 0 Å². The van der Waals surface area contributed by atoms with E-state index in [1.165, 1.54) is 25.7 Å². The highest BCUT2D eigenvalue weighted by Gasteiger charge is 2.54. The Bertz CT molecular complexity index is 240. The zero-order valence-electron chi connectivity index (χ0n) is 7.92. The molecule has 2 aliphatic carbocycles. The largest absolute Gasteiger partial charge is 0.374 e. The van der Waals surface area contributed by atoms with Crippen molar-refractivity contribution in [3.63, 3.8) is 0 Å². The maximum Gasteiger partial charge on any atom is 0.133 e. The van der Waals surface area contributed by atoms with Gasteiger partial charge >= 0.3 is 0 Å². The van der Waals surface area contributed by atoms with Crippen LogP contribution in [-0.4, -0.2) is 18.0 Å². The standard InChI is InChI=1S/C11H16O2/c12-9-5-8-7-13-11(10(8)6-9)3-1-2-4-11/h8,10H,1-7H2. The van der Waals surface area contributed by atoms with Crippen LogP contribution in [0.1, 0.15) is 38.5 Å². The summed E-state index contributed by atoms with van der Waals surface area (Å²) in [5.74, 6) is 1.64. The van der Waals surface area contributed by atoms with Crippen LogP contribution < -0.4 is 0 Å². The van der Waals surface area contributed by atoms with Crippen LogP contribution in [0.15, 0.2) is 0 Å². The normalized spacial score (nSPS) is 41.7. The molecule has 0 aromatic heterocycles. The van der Waals surface area contributed by atoms with Crippen molar-refractivity contribution < 1.29 is 9.53 Å². The molecule has 0 aromatic rings. The van der Waals surface area contributed by atoms with E-state index in [1.807, 2.05) is 0 Å². The lowest BCUT2D eigenvalue weighted by molar-refractivity contribution is -0.119. The number of rotatable bonds is 0. The van der Waals surface area contributed by atoms with Crippen molar-refractivity contribution >= 4 is 5.78 Å². The van der Waals surface area contributed by atoms with Crippen molar-refractivity contribution in [3.8, 4) is 0 Å². The average Bonchev–Trinajstić information content (AvgIpc) is 2.73. The van der Waals surface area contributed by atoms with E-state index in [0.29, 0.717) is 17.6 Å². The summed E-state index contributed by atoms with van der Waals surface area (Å²) in [6.07, 6.45) is 6.63. The summed E-state index contributed by atoms with van der Waals surface area (Å²) in [6, 6.07) is 0. The maximum absolute atomic E-state index is 11.3. The van der Waals surface area contributed by atoms with Crippen LogP contribution in [-0.2, 0) is 9.53 Å². The second kappa shape index (κ2) is 2.57. The smallest absolute Gasteiger partial charge is 0.133 e. The summed E-state index contributed by atoms with van der Waals surface area (Å²) >= 11 is 0. The van der Waals surface area contributed by atoms with Crippen LogP contribution in [0.4, 0.5) is 0 Å². The summed E-state index contributed by atoms with van der Waals surface area (Å²) in [4.78, 5) is 11.3. The molecule has 2 heteroatoms. The Morgan fingerprint density at radius 1 is 1.23 bits per heavy atom. The highest BCUT2D eigenvalue weighted by molar-refractivity contribution is 5.81. The fourth-order valence-corrected chi connectivity index (χ4v) is 3.59. The van der Waals surface area contributed by atoms with E-state index < -0.39 is 0 Å². The summed E-state index contributed by atoms with van der Waals surface area (Å²) in [7, 11) is 0. The molecule has 3 rings (SSSR count). The van der Waals surface area contributed by atoms with Gasteiger partial charge in [-0.15, -0.1) is 0 Å². The molecule has 0 radical (unpaired) electrons. The number of fused-ring (bicyclic) bond motifs is 2. The Balaban J connectivity index is 1.87. The van der Waals surface area contributed by atoms with Crippen LogP contribution >= 0.6 is 0 Å². The molecule has 3 fully saturated rings. The van der Waals surface area contributed by atoms with Gasteiger partial charge < -0.3 is 4.74 Å². The van der Waals surface area contributed by atoms with Gasteiger partial charge in [0.25, 0.3) is 0 Å². The third-order valence-corrected chi connectivity index (χ3v) is 4.22. The van der Waals surface area contributed by atoms with Gasteiger partial charge in [0.05, 0.1) is 12.2 Å². The molecule has 1 heterocycles. The molecule has 0 amide bonds. The van der Waals surface area contributed by atoms with E-state index in [2.05, 4.69) is 0 Å². The third kappa shape index (κ3) is 1.01. The van der Waals surface area contributed by atoms with Crippen molar-refractivity contribution in [1.82, 2.24) is 0 Å². The second-order valence-electron chi connectivity index (χ2n) is 4.90. The zero-order chi connectivity index (χ0) is 8.89. The average molecular weight is 180 g/mol. The topological polar surface area (TPSA) is 26.3 Å². The van der Waals surface area contributed by atoms with Gasteiger partial charge in [0.15, 0.2) is 0 Å². The third-order valence-electron chi connectivity index (χ3n) is 4.22. The van der Waals surface area contributed by atoms with E-state index in [0.717, 1.165) is 19.4 Å². The minimum Gasteiger partial charge on any atom is -0.374 e. The van der Waals surface area contributed by atoms with Crippen LogP contribution in [0.5, 0.6) is 0 Å². The molecule has 1 aliphatic heterocycles. The van der Waals surface area contributed by atoms with Crippen molar-refractivity contribution in [3.05, 3.63) is 0 Å². The predicted octanol–water partition coefficient (Wildman–Crippen LogP) is 1.92. The number of ketones is 1. The number of hydrogen-bond acceptors (Lipinski definition) is 2. The monoisotopic (exact) mass is 180 g/mol. The molecule has 1 saturated heterocycles. The molecule has 1 spiro atoms. The zero-order valence-corrected chi connectivity index (χ0v) is 7.92. The molecule has 72 valence electrons. The molecule has 3 aliphatic rings. The molecule has 0 aromatic carbocycles. The Labute approximate surface area is 78.6 Å². The lowest BCUT2D eigenvalue weighted by Gasteiger charge is -2.28. The van der Waals surface area contributed by atoms with Crippen LogP contribution in [0.2, 0.25) is 0 Å². The minimum atomic E-state index is 0.150. The van der Waals surface area contributed by atoms with Crippen molar-refractivity contribution in [2.75, 3.05) is 6.61 Å². The van der Waals surface area contributed by atoms with Crippen molar-refractivity contribution in [2.24, 2.45) is 11.8 Å². The summed E-state index contributed by atoms with van der Waals surface area (Å²) in [5, 5.41) is 0. The maximum atomic E-state index is 11.3. The summed E-state index contributed by atoms with van der Waals surface area (Å²) < 4.78 is 5.96. The van der Waals surface area contributed by atoms with Gasteiger partial charge in [0.2, 0.25) is 0 Å². The fraction of sp³-hybridized carbons (Fsp3) is 0.909. The van der Waals surface area contributed by atoms with E-state index in [-0.39, 0.29) is 5.60 Å². The van der Waals surface area contributed by atoms with Crippen LogP contribution in [0, 0.1) is 11.8 Å². The van der Waals surface area contributed by atoms with Gasteiger partial charge in [-0.05, 0) is 18.8 Å². The quantitative estimate of drug-likeness (QED) is 0.569. The lowest BCUT2D eigenvalue weighted by atomic mass is 9.82. The molecule has 2 saturated carbocycles. The molecular formula is C11H16O2. The van der Waals surface area contributed by atoms with E-state index in [1.54, 1.807) is 0 Å². The first-order valence-corrected chi connectivity index (χ1v) is 5.46. The Morgan fingerprint density at radius 3 is 2.77 bits per heavy atom. The van der Waals surface area contributed by atoms with Crippen molar-refractivity contribution in [1.29, 1.82) is 0 Å². The second-order valence-corrected chi connectivity index (χ2v) is 4.90. The number of Topliss-reactive ketones (excluding diaryl/α,β-unsaturated/α-hetero) is 1. The summed E-state index contributed by atoms with van der Waals surface area (Å²) in [6.45, 7) is 0.858. The molecule has 0 N–H and O–H groups in total. The number of hydrogen-bond donors (Lipinski definition) is 0. The van der Waals surface area contributed by atoms with Gasteiger partial charge in [-0.2, -0.15) is 0 Å². The number of carbonyl (C=O) groups excluding carboxylic acids is 1. The van der Waals surface area contributed by atoms with Gasteiger partial charge in [-0.25, -0.2) is 0 Å². The highest BCUT2D eigenvalue weighted by atomic mass is 16.5. The Hall–Kier alpha value is -0.370. The fourth-order valence-electron chi connectivity index (χ4n) is 3.59. The molecule has 2 nitrogen and oxygen atoms in total. The number of ether oxygens (including phenoxy) is 1. The first-order valence-electron chi connectivity index (χ1n) is 5.46. The number of carbonyl (C=O) groups is 1. The van der Waals surface area contributed by atoms with Gasteiger partial charge in [-0.3, -0.25) is 4.79 Å². The highest BCUT2D eigenvalue weighted by Crippen LogP contribution is 2.52. The van der Waals surface area contributed by atoms with Crippen molar-refractivity contribution in [2.45, 2.75) is 44.1 Å². The van der Waals surface area contributed by atoms with Gasteiger partial charge in [0, 0.05) is 18.8 Å². The lowest BCUT2D eigenvalue weighted by Crippen LogP contribution is -2.32. The van der Waals surface area contributed by atoms with Gasteiger partial charge in [0.1, 0.15) is 5.78 Å². The Kier molecular flexibility index (Phi) is 1.58. The molecule has 0 bridgehead atoms. The van der Waals surface area contributed by atoms with E-state index in [4.69, 9.17) is 4.74 Å². The molecule has 13 heavy (non-hydrogen) atoms. The first kappa shape index (κ1) is 7.98. The molecular weight excluding hydrogens is 164 g/mol. The SMILES string of the molecule is O=C1CC2COC3(CCCC3)C2C1. The van der Waals surface area contributed by atoms with E-state index >= 15 is 0 Å². The first-order chi connectivity index (χ1) is 6.30. The molecule has 2 atom stereocenters. The predicted molar refractivity (Wildman–Crippen MR) is 48.4 cm³/mol. The minimum absolute atomic E-state index is 0.150. The van der Waals surface area contributed by atoms with E-state index in [9.17, 15) is 4.79 Å². The van der Waals surface area contributed by atoms with Gasteiger partial charge in [-0.1, -0.05) is 12.8 Å². The summed E-state index contributed by atoms with van der Waals surface area (Å²) in [5.41, 5.74) is 0.150.